The number of aliphatic hydroxyl groups is 1. The van der Waals surface area contributed by atoms with Crippen molar-refractivity contribution in [2.24, 2.45) is 5.11 Å². The number of nitrogens with zero attached hydrogens (tertiary/aromatic N) is 3. The molecule has 0 amide bonds. The minimum Gasteiger partial charge on any atom is -0.450 e. The molecule has 1 aromatic rings. The van der Waals surface area contributed by atoms with Crippen LogP contribution in [0.25, 0.3) is 10.4 Å². The van der Waals surface area contributed by atoms with Gasteiger partial charge in [-0.3, -0.25) is 4.79 Å². The zero-order chi connectivity index (χ0) is 14.5. The first-order valence-corrected chi connectivity index (χ1v) is 6.13. The summed E-state index contributed by atoms with van der Waals surface area (Å²) in [6, 6.07) is 7.35. The van der Waals surface area contributed by atoms with E-state index in [4.69, 9.17) is 10.3 Å². The molecule has 0 saturated heterocycles. The van der Waals surface area contributed by atoms with E-state index in [0.717, 1.165) is 0 Å². The molecule has 1 aliphatic carbocycles. The van der Waals surface area contributed by atoms with Gasteiger partial charge in [0.2, 0.25) is 0 Å². The summed E-state index contributed by atoms with van der Waals surface area (Å²) >= 11 is 0. The molecule has 3 atom stereocenters. The minimum absolute atomic E-state index is 0.0997. The summed E-state index contributed by atoms with van der Waals surface area (Å²) < 4.78 is 5.14. The molecule has 7 nitrogen and oxygen atoms in total. The number of azide groups is 1. The zero-order valence-corrected chi connectivity index (χ0v) is 10.5. The van der Waals surface area contributed by atoms with Crippen molar-refractivity contribution in [1.29, 1.82) is 0 Å². The monoisotopic (exact) mass is 275 g/mol. The Hall–Kier alpha value is -2.37. The molecule has 104 valence electrons. The number of carbonyl (C=O) groups excluding carboxylic acids is 2. The number of carbonyl (C=O) groups is 2. The van der Waals surface area contributed by atoms with Crippen LogP contribution >= 0.6 is 0 Å². The number of Topliss-reactive ketones (excluding diaryl/α,β-unsaturated/α-hetero) is 1. The molecule has 1 aromatic carbocycles. The first-order valence-electron chi connectivity index (χ1n) is 6.13. The summed E-state index contributed by atoms with van der Waals surface area (Å²) in [5, 5.41) is 12.9. The smallest absolute Gasteiger partial charge is 0.338 e. The van der Waals surface area contributed by atoms with Crippen molar-refractivity contribution in [2.45, 2.75) is 31.1 Å². The quantitative estimate of drug-likeness (QED) is 0.390. The number of benzene rings is 1. The van der Waals surface area contributed by atoms with E-state index in [1.165, 1.54) is 0 Å². The van der Waals surface area contributed by atoms with Crippen molar-refractivity contribution in [1.82, 2.24) is 0 Å². The van der Waals surface area contributed by atoms with E-state index in [2.05, 4.69) is 10.0 Å². The molecule has 1 N–H and O–H groups in total. The van der Waals surface area contributed by atoms with E-state index in [9.17, 15) is 14.7 Å². The van der Waals surface area contributed by atoms with Crippen LogP contribution in [0.3, 0.4) is 0 Å². The van der Waals surface area contributed by atoms with Crippen molar-refractivity contribution in [3.63, 3.8) is 0 Å². The van der Waals surface area contributed by atoms with Crippen molar-refractivity contribution in [3.05, 3.63) is 46.3 Å². The number of ketones is 1. The fourth-order valence-corrected chi connectivity index (χ4v) is 2.12. The maximum absolute atomic E-state index is 11.9. The minimum atomic E-state index is -1.14. The van der Waals surface area contributed by atoms with Gasteiger partial charge in [0.1, 0.15) is 0 Å². The lowest BCUT2D eigenvalue weighted by Gasteiger charge is -2.29. The lowest BCUT2D eigenvalue weighted by atomic mass is 9.89. The molecule has 0 aromatic heterocycles. The summed E-state index contributed by atoms with van der Waals surface area (Å²) in [5.41, 5.74) is 8.80. The van der Waals surface area contributed by atoms with Gasteiger partial charge in [-0.15, -0.1) is 0 Å². The predicted octanol–water partition coefficient (Wildman–Crippen LogP) is 1.61. The second-order valence-electron chi connectivity index (χ2n) is 4.52. The van der Waals surface area contributed by atoms with Crippen LogP contribution in [-0.2, 0) is 9.53 Å². The summed E-state index contributed by atoms with van der Waals surface area (Å²) in [7, 11) is 0. The fourth-order valence-electron chi connectivity index (χ4n) is 2.12. The lowest BCUT2D eigenvalue weighted by molar-refractivity contribution is -0.134. The van der Waals surface area contributed by atoms with E-state index >= 15 is 0 Å². The largest absolute Gasteiger partial charge is 0.450 e. The molecule has 2 rings (SSSR count). The summed E-state index contributed by atoms with van der Waals surface area (Å²) in [4.78, 5) is 26.4. The Morgan fingerprint density at radius 2 is 2.10 bits per heavy atom. The second-order valence-corrected chi connectivity index (χ2v) is 4.52. The summed E-state index contributed by atoms with van der Waals surface area (Å²) in [5.74, 6) is -1.09. The fraction of sp³-hybridized carbons (Fsp3) is 0.385. The van der Waals surface area contributed by atoms with Gasteiger partial charge in [-0.1, -0.05) is 23.3 Å². The highest BCUT2D eigenvalue weighted by Crippen LogP contribution is 2.23. The van der Waals surface area contributed by atoms with E-state index in [-0.39, 0.29) is 12.8 Å². The summed E-state index contributed by atoms with van der Waals surface area (Å²) in [6.07, 6.45) is -2.01. The molecule has 0 bridgehead atoms. The Balaban J connectivity index is 2.15. The van der Waals surface area contributed by atoms with Gasteiger partial charge in [0.05, 0.1) is 17.7 Å². The van der Waals surface area contributed by atoms with Crippen LogP contribution < -0.4 is 0 Å². The third kappa shape index (κ3) is 3.14. The molecule has 0 unspecified atom stereocenters. The van der Waals surface area contributed by atoms with Gasteiger partial charge in [0, 0.05) is 11.3 Å². The van der Waals surface area contributed by atoms with Crippen LogP contribution in [0.2, 0.25) is 0 Å². The normalized spacial score (nSPS) is 25.6. The predicted molar refractivity (Wildman–Crippen MR) is 68.8 cm³/mol. The molecule has 0 heterocycles. The third-order valence-corrected chi connectivity index (χ3v) is 3.06. The Morgan fingerprint density at radius 1 is 1.40 bits per heavy atom. The molecule has 20 heavy (non-hydrogen) atoms. The van der Waals surface area contributed by atoms with Crippen LogP contribution in [0.5, 0.6) is 0 Å². The number of ether oxygens (including phenoxy) is 1. The highest BCUT2D eigenvalue weighted by Gasteiger charge is 2.38. The van der Waals surface area contributed by atoms with E-state index < -0.39 is 30.0 Å². The molecule has 0 spiro atoms. The number of hydrogen-bond acceptors (Lipinski definition) is 5. The molecule has 0 radical (unpaired) electrons. The number of hydrogen-bond donors (Lipinski definition) is 1. The van der Waals surface area contributed by atoms with Crippen molar-refractivity contribution < 1.29 is 19.4 Å². The van der Waals surface area contributed by atoms with Gasteiger partial charge in [-0.05, 0) is 24.1 Å². The first-order chi connectivity index (χ1) is 9.61. The molecular formula is C13H13N3O4. The molecular weight excluding hydrogens is 262 g/mol. The van der Waals surface area contributed by atoms with E-state index in [1.807, 2.05) is 0 Å². The van der Waals surface area contributed by atoms with Crippen LogP contribution in [-0.4, -0.2) is 35.1 Å². The van der Waals surface area contributed by atoms with Crippen LogP contribution in [0.15, 0.2) is 35.4 Å². The van der Waals surface area contributed by atoms with Crippen LogP contribution in [0, 0.1) is 0 Å². The second kappa shape index (κ2) is 6.18. The zero-order valence-electron chi connectivity index (χ0n) is 10.5. The molecule has 1 saturated carbocycles. The van der Waals surface area contributed by atoms with Crippen molar-refractivity contribution >= 4 is 11.8 Å². The van der Waals surface area contributed by atoms with E-state index in [1.54, 1.807) is 30.3 Å². The van der Waals surface area contributed by atoms with Gasteiger partial charge >= 0.3 is 5.97 Å². The third-order valence-electron chi connectivity index (χ3n) is 3.06. The number of rotatable bonds is 3. The highest BCUT2D eigenvalue weighted by atomic mass is 16.5. The number of aliphatic hydroxyl groups excluding tert-OH is 1. The van der Waals surface area contributed by atoms with Gasteiger partial charge in [0.25, 0.3) is 0 Å². The average Bonchev–Trinajstić information content (AvgIpc) is 2.43. The Bertz CT molecular complexity index is 554. The Labute approximate surface area is 114 Å². The molecule has 0 aliphatic heterocycles. The standard InChI is InChI=1S/C13H13N3O4/c14-16-15-10-6-9(17)7-11(18)12(10)20-13(19)8-4-2-1-3-5-8/h1-5,9-10,12,17H,6-7H2/t9-,10-,12+/m1/s1. The maximum atomic E-state index is 11.9. The lowest BCUT2D eigenvalue weighted by Crippen LogP contribution is -2.45. The Kier molecular flexibility index (Phi) is 4.34. The molecule has 1 aliphatic rings. The Morgan fingerprint density at radius 3 is 2.75 bits per heavy atom. The highest BCUT2D eigenvalue weighted by molar-refractivity contribution is 5.93. The van der Waals surface area contributed by atoms with Gasteiger partial charge in [0.15, 0.2) is 11.9 Å². The maximum Gasteiger partial charge on any atom is 0.338 e. The van der Waals surface area contributed by atoms with Crippen molar-refractivity contribution in [2.75, 3.05) is 0 Å². The van der Waals surface area contributed by atoms with E-state index in [0.29, 0.717) is 5.56 Å². The van der Waals surface area contributed by atoms with Crippen LogP contribution in [0.1, 0.15) is 23.2 Å². The van der Waals surface area contributed by atoms with Crippen LogP contribution in [0.4, 0.5) is 0 Å². The molecule has 1 fully saturated rings. The van der Waals surface area contributed by atoms with Gasteiger partial charge in [-0.25, -0.2) is 4.79 Å². The number of esters is 1. The topological polar surface area (TPSA) is 112 Å². The average molecular weight is 275 g/mol. The summed E-state index contributed by atoms with van der Waals surface area (Å²) in [6.45, 7) is 0. The first kappa shape index (κ1) is 14.0. The SMILES string of the molecule is [N-]=[N+]=N[C@@H]1C[C@@H](O)CC(=O)[C@H]1OC(=O)c1ccccc1. The molecule has 7 heteroatoms. The van der Waals surface area contributed by atoms with Crippen molar-refractivity contribution in [3.8, 4) is 0 Å². The van der Waals surface area contributed by atoms with Gasteiger partial charge in [-0.2, -0.15) is 0 Å². The van der Waals surface area contributed by atoms with Gasteiger partial charge < -0.3 is 9.84 Å².